The summed E-state index contributed by atoms with van der Waals surface area (Å²) in [5, 5.41) is 18.5. The van der Waals surface area contributed by atoms with Crippen LogP contribution in [0.1, 0.15) is 5.56 Å². The molecular formula is C12H8ClN3. The number of halogens is 1. The number of hydrogen-bond donors (Lipinski definition) is 0. The van der Waals surface area contributed by atoms with Crippen molar-refractivity contribution in [1.82, 2.24) is 4.90 Å². The zero-order chi connectivity index (χ0) is 11.5. The third kappa shape index (κ3) is 2.00. The SMILES string of the molecule is N#CC(C#N)=C(c1ccc(Cl)cc1)N1CC1. The van der Waals surface area contributed by atoms with E-state index in [0.717, 1.165) is 18.7 Å². The van der Waals surface area contributed by atoms with Gasteiger partial charge in [-0.1, -0.05) is 23.7 Å². The molecule has 0 saturated carbocycles. The minimum Gasteiger partial charge on any atom is -0.366 e. The third-order valence-electron chi connectivity index (χ3n) is 2.34. The van der Waals surface area contributed by atoms with E-state index in [1.54, 1.807) is 12.1 Å². The van der Waals surface area contributed by atoms with Gasteiger partial charge in [0, 0.05) is 23.7 Å². The van der Waals surface area contributed by atoms with Crippen LogP contribution >= 0.6 is 11.6 Å². The zero-order valence-corrected chi connectivity index (χ0v) is 9.20. The Kier molecular flexibility index (Phi) is 2.81. The predicted octanol–water partition coefficient (Wildman–Crippen LogP) is 2.41. The summed E-state index contributed by atoms with van der Waals surface area (Å²) in [6, 6.07) is 11.0. The maximum absolute atomic E-state index is 8.91. The molecule has 3 nitrogen and oxygen atoms in total. The molecule has 4 heteroatoms. The van der Waals surface area contributed by atoms with E-state index in [9.17, 15) is 0 Å². The summed E-state index contributed by atoms with van der Waals surface area (Å²) in [4.78, 5) is 1.99. The number of hydrogen-bond acceptors (Lipinski definition) is 3. The number of rotatable bonds is 2. The van der Waals surface area contributed by atoms with E-state index in [2.05, 4.69) is 0 Å². The summed E-state index contributed by atoms with van der Waals surface area (Å²) in [6.07, 6.45) is 0. The van der Waals surface area contributed by atoms with Crippen molar-refractivity contribution < 1.29 is 0 Å². The Morgan fingerprint density at radius 3 is 2.12 bits per heavy atom. The van der Waals surface area contributed by atoms with Crippen LogP contribution in [0.4, 0.5) is 0 Å². The van der Waals surface area contributed by atoms with Gasteiger partial charge in [-0.05, 0) is 12.1 Å². The van der Waals surface area contributed by atoms with Crippen LogP contribution in [-0.4, -0.2) is 18.0 Å². The maximum Gasteiger partial charge on any atom is 0.153 e. The molecule has 0 aliphatic carbocycles. The van der Waals surface area contributed by atoms with Gasteiger partial charge in [-0.25, -0.2) is 0 Å². The highest BCUT2D eigenvalue weighted by molar-refractivity contribution is 6.30. The molecule has 2 rings (SSSR count). The van der Waals surface area contributed by atoms with E-state index in [0.29, 0.717) is 10.7 Å². The highest BCUT2D eigenvalue weighted by Crippen LogP contribution is 2.28. The van der Waals surface area contributed by atoms with Crippen LogP contribution in [0.3, 0.4) is 0 Å². The Hall–Kier alpha value is -1.97. The van der Waals surface area contributed by atoms with Crippen LogP contribution in [0, 0.1) is 22.7 Å². The molecule has 0 bridgehead atoms. The fourth-order valence-corrected chi connectivity index (χ4v) is 1.62. The first-order valence-electron chi connectivity index (χ1n) is 4.81. The Balaban J connectivity index is 2.50. The van der Waals surface area contributed by atoms with Gasteiger partial charge in [0.15, 0.2) is 5.57 Å². The molecule has 78 valence electrons. The monoisotopic (exact) mass is 229 g/mol. The van der Waals surface area contributed by atoms with Crippen molar-refractivity contribution in [3.8, 4) is 12.1 Å². The molecular weight excluding hydrogens is 222 g/mol. The Morgan fingerprint density at radius 2 is 1.69 bits per heavy atom. The highest BCUT2D eigenvalue weighted by Gasteiger charge is 2.25. The molecule has 1 heterocycles. The van der Waals surface area contributed by atoms with Crippen LogP contribution in [0.2, 0.25) is 5.02 Å². The second-order valence-corrected chi connectivity index (χ2v) is 3.88. The Labute approximate surface area is 98.8 Å². The summed E-state index contributed by atoms with van der Waals surface area (Å²) in [5.74, 6) is 0. The zero-order valence-electron chi connectivity index (χ0n) is 8.44. The van der Waals surface area contributed by atoms with Crippen molar-refractivity contribution in [1.29, 1.82) is 10.5 Å². The largest absolute Gasteiger partial charge is 0.366 e. The lowest BCUT2D eigenvalue weighted by Crippen LogP contribution is -1.99. The first-order valence-corrected chi connectivity index (χ1v) is 5.19. The van der Waals surface area contributed by atoms with Crippen molar-refractivity contribution in [2.45, 2.75) is 0 Å². The van der Waals surface area contributed by atoms with Crippen molar-refractivity contribution in [2.24, 2.45) is 0 Å². The second kappa shape index (κ2) is 4.26. The molecule has 0 radical (unpaired) electrons. The van der Waals surface area contributed by atoms with Crippen molar-refractivity contribution in [3.05, 3.63) is 40.4 Å². The Morgan fingerprint density at radius 1 is 1.12 bits per heavy atom. The topological polar surface area (TPSA) is 50.6 Å². The molecule has 0 atom stereocenters. The van der Waals surface area contributed by atoms with Gasteiger partial charge in [0.05, 0.1) is 5.70 Å². The molecule has 1 aromatic carbocycles. The van der Waals surface area contributed by atoms with E-state index < -0.39 is 0 Å². The van der Waals surface area contributed by atoms with Gasteiger partial charge in [0.2, 0.25) is 0 Å². The summed E-state index contributed by atoms with van der Waals surface area (Å²) in [6.45, 7) is 1.79. The van der Waals surface area contributed by atoms with E-state index >= 15 is 0 Å². The van der Waals surface area contributed by atoms with Gasteiger partial charge >= 0.3 is 0 Å². The quantitative estimate of drug-likeness (QED) is 0.578. The summed E-state index contributed by atoms with van der Waals surface area (Å²) >= 11 is 5.80. The van der Waals surface area contributed by atoms with Crippen LogP contribution < -0.4 is 0 Å². The van der Waals surface area contributed by atoms with E-state index in [-0.39, 0.29) is 5.57 Å². The smallest absolute Gasteiger partial charge is 0.153 e. The summed E-state index contributed by atoms with van der Waals surface area (Å²) < 4.78 is 0. The molecule has 1 aliphatic rings. The minimum absolute atomic E-state index is 0.153. The van der Waals surface area contributed by atoms with E-state index in [4.69, 9.17) is 22.1 Å². The van der Waals surface area contributed by atoms with Crippen molar-refractivity contribution >= 4 is 17.3 Å². The Bertz CT molecular complexity index is 497. The molecule has 1 saturated heterocycles. The van der Waals surface area contributed by atoms with Gasteiger partial charge in [0.25, 0.3) is 0 Å². The third-order valence-corrected chi connectivity index (χ3v) is 2.59. The standard InChI is InChI=1S/C12H8ClN3/c13-11-3-1-9(2-4-11)12(16-5-6-16)10(7-14)8-15/h1-4H,5-6H2. The molecule has 0 N–H and O–H groups in total. The molecule has 1 aliphatic heterocycles. The number of benzene rings is 1. The van der Waals surface area contributed by atoms with Gasteiger partial charge in [-0.2, -0.15) is 10.5 Å². The highest BCUT2D eigenvalue weighted by atomic mass is 35.5. The van der Waals surface area contributed by atoms with Crippen LogP contribution in [0.5, 0.6) is 0 Å². The molecule has 16 heavy (non-hydrogen) atoms. The molecule has 1 aromatic rings. The normalized spacial score (nSPS) is 12.6. The summed E-state index contributed by atoms with van der Waals surface area (Å²) in [7, 11) is 0. The predicted molar refractivity (Wildman–Crippen MR) is 61.2 cm³/mol. The fraction of sp³-hybridized carbons (Fsp3) is 0.167. The van der Waals surface area contributed by atoms with Gasteiger partial charge < -0.3 is 4.90 Å². The lowest BCUT2D eigenvalue weighted by atomic mass is 10.1. The molecule has 0 spiro atoms. The van der Waals surface area contributed by atoms with Gasteiger partial charge in [-0.15, -0.1) is 0 Å². The summed E-state index contributed by atoms with van der Waals surface area (Å²) in [5.41, 5.74) is 1.72. The first kappa shape index (κ1) is 10.5. The van der Waals surface area contributed by atoms with Crippen LogP contribution in [0.25, 0.3) is 5.70 Å². The van der Waals surface area contributed by atoms with Gasteiger partial charge in [-0.3, -0.25) is 0 Å². The maximum atomic E-state index is 8.91. The lowest BCUT2D eigenvalue weighted by Gasteiger charge is -2.09. The number of allylic oxidation sites excluding steroid dienone is 1. The number of nitriles is 2. The van der Waals surface area contributed by atoms with E-state index in [1.165, 1.54) is 0 Å². The minimum atomic E-state index is 0.153. The molecule has 0 unspecified atom stereocenters. The van der Waals surface area contributed by atoms with Crippen molar-refractivity contribution in [3.63, 3.8) is 0 Å². The number of nitrogens with zero attached hydrogens (tertiary/aromatic N) is 3. The van der Waals surface area contributed by atoms with Gasteiger partial charge in [0.1, 0.15) is 12.1 Å². The first-order chi connectivity index (χ1) is 7.76. The van der Waals surface area contributed by atoms with E-state index in [1.807, 2.05) is 29.2 Å². The fourth-order valence-electron chi connectivity index (χ4n) is 1.50. The molecule has 0 aromatic heterocycles. The van der Waals surface area contributed by atoms with Crippen molar-refractivity contribution in [2.75, 3.05) is 13.1 Å². The molecule has 0 amide bonds. The van der Waals surface area contributed by atoms with Crippen LogP contribution in [-0.2, 0) is 0 Å². The molecule has 1 fully saturated rings. The average Bonchev–Trinajstić information content (AvgIpc) is 3.11. The second-order valence-electron chi connectivity index (χ2n) is 3.44. The average molecular weight is 230 g/mol. The lowest BCUT2D eigenvalue weighted by molar-refractivity contribution is 0.802. The van der Waals surface area contributed by atoms with Crippen LogP contribution in [0.15, 0.2) is 29.8 Å².